The Kier molecular flexibility index (Phi) is 6.71. The normalized spacial score (nSPS) is 11.4. The minimum Gasteiger partial charge on any atom is -0.383 e. The number of nitrogens with one attached hydrogen (secondary N) is 1. The first-order valence-electron chi connectivity index (χ1n) is 6.40. The van der Waals surface area contributed by atoms with Crippen molar-refractivity contribution in [3.63, 3.8) is 0 Å². The van der Waals surface area contributed by atoms with E-state index in [-0.39, 0.29) is 18.2 Å². The molecule has 4 nitrogen and oxygen atoms in total. The molecule has 5 heteroatoms. The van der Waals surface area contributed by atoms with Gasteiger partial charge in [0.2, 0.25) is 0 Å². The zero-order valence-electron chi connectivity index (χ0n) is 11.7. The van der Waals surface area contributed by atoms with Crippen molar-refractivity contribution in [1.29, 1.82) is 0 Å². The average Bonchev–Trinajstić information content (AvgIpc) is 2.44. The molecule has 1 aromatic carbocycles. The van der Waals surface area contributed by atoms with Gasteiger partial charge in [-0.1, -0.05) is 18.8 Å². The summed E-state index contributed by atoms with van der Waals surface area (Å²) in [6.45, 7) is 2.52. The fourth-order valence-electron chi connectivity index (χ4n) is 1.66. The quantitative estimate of drug-likeness (QED) is 0.798. The molecule has 0 aliphatic rings. The second-order valence-corrected chi connectivity index (χ2v) is 4.23. The summed E-state index contributed by atoms with van der Waals surface area (Å²) in [5, 5.41) is 2.73. The SMILES string of the molecule is CCC(COC)NC(=O)c1ccc(C#CCN)cc1F. The van der Waals surface area contributed by atoms with E-state index in [2.05, 4.69) is 17.2 Å². The minimum absolute atomic E-state index is 0.00199. The first-order valence-corrected chi connectivity index (χ1v) is 6.40. The molecule has 0 aliphatic heterocycles. The number of ether oxygens (including phenoxy) is 1. The maximum absolute atomic E-state index is 13.9. The van der Waals surface area contributed by atoms with Crippen LogP contribution in [0, 0.1) is 17.7 Å². The number of hydrogen-bond donors (Lipinski definition) is 2. The second kappa shape index (κ2) is 8.31. The minimum atomic E-state index is -0.599. The van der Waals surface area contributed by atoms with E-state index in [9.17, 15) is 9.18 Å². The van der Waals surface area contributed by atoms with Crippen molar-refractivity contribution in [1.82, 2.24) is 5.32 Å². The summed E-state index contributed by atoms with van der Waals surface area (Å²) in [7, 11) is 1.56. The van der Waals surface area contributed by atoms with E-state index < -0.39 is 11.7 Å². The van der Waals surface area contributed by atoms with Gasteiger partial charge in [-0.3, -0.25) is 4.79 Å². The molecule has 1 amide bonds. The average molecular weight is 278 g/mol. The van der Waals surface area contributed by atoms with E-state index in [1.165, 1.54) is 12.1 Å². The highest BCUT2D eigenvalue weighted by Crippen LogP contribution is 2.10. The molecule has 1 rings (SSSR count). The van der Waals surface area contributed by atoms with E-state index >= 15 is 0 Å². The number of halogens is 1. The Hall–Kier alpha value is -1.90. The van der Waals surface area contributed by atoms with Gasteiger partial charge in [-0.25, -0.2) is 4.39 Å². The standard InChI is InChI=1S/C15H19FN2O2/c1-3-12(10-20-2)18-15(19)13-7-6-11(5-4-8-17)9-14(13)16/h6-7,9,12H,3,8,10,17H2,1-2H3,(H,18,19). The summed E-state index contributed by atoms with van der Waals surface area (Å²) in [6, 6.07) is 4.11. The lowest BCUT2D eigenvalue weighted by Gasteiger charge is -2.16. The number of rotatable bonds is 5. The molecule has 0 aliphatic carbocycles. The molecule has 108 valence electrons. The first-order chi connectivity index (χ1) is 9.62. The summed E-state index contributed by atoms with van der Waals surface area (Å²) < 4.78 is 18.9. The molecule has 0 fully saturated rings. The Bertz CT molecular complexity index is 520. The van der Waals surface area contributed by atoms with E-state index in [4.69, 9.17) is 10.5 Å². The largest absolute Gasteiger partial charge is 0.383 e. The Morgan fingerprint density at radius 2 is 2.30 bits per heavy atom. The Morgan fingerprint density at radius 1 is 1.55 bits per heavy atom. The zero-order chi connectivity index (χ0) is 15.0. The van der Waals surface area contributed by atoms with Gasteiger partial charge >= 0.3 is 0 Å². The van der Waals surface area contributed by atoms with Crippen molar-refractivity contribution >= 4 is 5.91 Å². The number of carbonyl (C=O) groups is 1. The highest BCUT2D eigenvalue weighted by atomic mass is 19.1. The fraction of sp³-hybridized carbons (Fsp3) is 0.400. The van der Waals surface area contributed by atoms with Crippen LogP contribution in [-0.2, 0) is 4.74 Å². The van der Waals surface area contributed by atoms with E-state index in [1.807, 2.05) is 6.92 Å². The van der Waals surface area contributed by atoms with Crippen LogP contribution >= 0.6 is 0 Å². The number of hydrogen-bond acceptors (Lipinski definition) is 3. The molecule has 0 radical (unpaired) electrons. The molecule has 1 atom stereocenters. The summed E-state index contributed by atoms with van der Waals surface area (Å²) in [6.07, 6.45) is 0.710. The van der Waals surface area contributed by atoms with Crippen molar-refractivity contribution in [3.8, 4) is 11.8 Å². The third-order valence-corrected chi connectivity index (χ3v) is 2.74. The number of methoxy groups -OCH3 is 1. The molecule has 0 bridgehead atoms. The van der Waals surface area contributed by atoms with Gasteiger partial charge in [0.15, 0.2) is 0 Å². The highest BCUT2D eigenvalue weighted by molar-refractivity contribution is 5.94. The van der Waals surface area contributed by atoms with Gasteiger partial charge in [0.05, 0.1) is 24.8 Å². The van der Waals surface area contributed by atoms with E-state index in [0.717, 1.165) is 0 Å². The van der Waals surface area contributed by atoms with Crippen LogP contribution in [0.3, 0.4) is 0 Å². The monoisotopic (exact) mass is 278 g/mol. The Labute approximate surface area is 118 Å². The predicted molar refractivity (Wildman–Crippen MR) is 75.8 cm³/mol. The van der Waals surface area contributed by atoms with Crippen molar-refractivity contribution in [2.45, 2.75) is 19.4 Å². The van der Waals surface area contributed by atoms with Crippen LogP contribution in [0.25, 0.3) is 0 Å². The fourth-order valence-corrected chi connectivity index (χ4v) is 1.66. The summed E-state index contributed by atoms with van der Waals surface area (Å²) in [4.78, 5) is 12.0. The van der Waals surface area contributed by atoms with Gasteiger partial charge in [0.25, 0.3) is 5.91 Å². The van der Waals surface area contributed by atoms with Crippen LogP contribution < -0.4 is 11.1 Å². The number of nitrogens with two attached hydrogens (primary N) is 1. The maximum atomic E-state index is 13.9. The molecule has 0 heterocycles. The van der Waals surface area contributed by atoms with Gasteiger partial charge in [-0.05, 0) is 24.6 Å². The van der Waals surface area contributed by atoms with Crippen LogP contribution in [0.15, 0.2) is 18.2 Å². The summed E-state index contributed by atoms with van der Waals surface area (Å²) in [5.74, 6) is 4.30. The van der Waals surface area contributed by atoms with Crippen molar-refractivity contribution in [2.24, 2.45) is 5.73 Å². The van der Waals surface area contributed by atoms with E-state index in [1.54, 1.807) is 13.2 Å². The lowest BCUT2D eigenvalue weighted by Crippen LogP contribution is -2.37. The Balaban J connectivity index is 2.83. The highest BCUT2D eigenvalue weighted by Gasteiger charge is 2.15. The molecule has 1 aromatic rings. The van der Waals surface area contributed by atoms with Gasteiger partial charge in [-0.15, -0.1) is 0 Å². The Morgan fingerprint density at radius 3 is 2.85 bits per heavy atom. The first kappa shape index (κ1) is 16.2. The molecule has 0 saturated heterocycles. The van der Waals surface area contributed by atoms with Crippen LogP contribution in [0.2, 0.25) is 0 Å². The number of benzene rings is 1. The van der Waals surface area contributed by atoms with Crippen LogP contribution in [0.4, 0.5) is 4.39 Å². The van der Waals surface area contributed by atoms with E-state index in [0.29, 0.717) is 18.6 Å². The van der Waals surface area contributed by atoms with Crippen molar-refractivity contribution < 1.29 is 13.9 Å². The third kappa shape index (κ3) is 4.65. The van der Waals surface area contributed by atoms with Gasteiger partial charge in [-0.2, -0.15) is 0 Å². The van der Waals surface area contributed by atoms with Crippen molar-refractivity contribution in [3.05, 3.63) is 35.1 Å². The number of amides is 1. The second-order valence-electron chi connectivity index (χ2n) is 4.23. The van der Waals surface area contributed by atoms with Gasteiger partial charge in [0.1, 0.15) is 5.82 Å². The van der Waals surface area contributed by atoms with Crippen LogP contribution in [-0.4, -0.2) is 32.2 Å². The molecular formula is C15H19FN2O2. The summed E-state index contributed by atoms with van der Waals surface area (Å²) >= 11 is 0. The molecule has 0 aromatic heterocycles. The van der Waals surface area contributed by atoms with Crippen LogP contribution in [0.5, 0.6) is 0 Å². The van der Waals surface area contributed by atoms with Gasteiger partial charge in [0, 0.05) is 12.7 Å². The lowest BCUT2D eigenvalue weighted by atomic mass is 10.1. The van der Waals surface area contributed by atoms with Crippen LogP contribution in [0.1, 0.15) is 29.3 Å². The predicted octanol–water partition coefficient (Wildman–Crippen LogP) is 1.29. The maximum Gasteiger partial charge on any atom is 0.254 e. The lowest BCUT2D eigenvalue weighted by molar-refractivity contribution is 0.0890. The molecule has 20 heavy (non-hydrogen) atoms. The molecule has 0 spiro atoms. The third-order valence-electron chi connectivity index (χ3n) is 2.74. The number of carbonyl (C=O) groups excluding carboxylic acids is 1. The van der Waals surface area contributed by atoms with Gasteiger partial charge < -0.3 is 15.8 Å². The topological polar surface area (TPSA) is 64.3 Å². The molecule has 3 N–H and O–H groups in total. The smallest absolute Gasteiger partial charge is 0.254 e. The molecule has 0 saturated carbocycles. The van der Waals surface area contributed by atoms with Crippen molar-refractivity contribution in [2.75, 3.05) is 20.3 Å². The summed E-state index contributed by atoms with van der Waals surface area (Å²) in [5.41, 5.74) is 5.74. The molecular weight excluding hydrogens is 259 g/mol. The molecule has 1 unspecified atom stereocenters. The zero-order valence-corrected chi connectivity index (χ0v) is 11.7.